The van der Waals surface area contributed by atoms with Crippen molar-refractivity contribution in [2.24, 2.45) is 11.8 Å². The van der Waals surface area contributed by atoms with E-state index in [1.807, 2.05) is 4.90 Å². The first-order valence-corrected chi connectivity index (χ1v) is 6.24. The van der Waals surface area contributed by atoms with E-state index in [9.17, 15) is 4.79 Å². The van der Waals surface area contributed by atoms with E-state index >= 15 is 0 Å². The molecule has 3 heteroatoms. The van der Waals surface area contributed by atoms with Gasteiger partial charge in [0.15, 0.2) is 0 Å². The highest BCUT2D eigenvalue weighted by Crippen LogP contribution is 2.30. The van der Waals surface area contributed by atoms with Gasteiger partial charge in [-0.2, -0.15) is 0 Å². The number of carbonyl (C=O) groups is 1. The number of hydrogen-bond donors (Lipinski definition) is 1. The largest absolute Gasteiger partial charge is 0.331 e. The third-order valence-electron chi connectivity index (χ3n) is 3.42. The van der Waals surface area contributed by atoms with Crippen molar-refractivity contribution in [3.63, 3.8) is 0 Å². The van der Waals surface area contributed by atoms with Crippen molar-refractivity contribution in [1.29, 1.82) is 0 Å². The number of rotatable bonds is 4. The summed E-state index contributed by atoms with van der Waals surface area (Å²) in [5.74, 6) is 3.74. The molecular weight excluding hydrogens is 200 g/mol. The topological polar surface area (TPSA) is 32.3 Å². The molecule has 1 amide bonds. The van der Waals surface area contributed by atoms with Crippen molar-refractivity contribution >= 4 is 5.91 Å². The molecule has 2 fully saturated rings. The van der Waals surface area contributed by atoms with Crippen LogP contribution >= 0.6 is 0 Å². The van der Waals surface area contributed by atoms with Gasteiger partial charge in [-0.3, -0.25) is 4.79 Å². The molecule has 1 aliphatic heterocycles. The number of amides is 1. The Kier molecular flexibility index (Phi) is 3.84. The second-order valence-corrected chi connectivity index (χ2v) is 4.91. The van der Waals surface area contributed by atoms with Gasteiger partial charge in [0, 0.05) is 13.1 Å². The molecule has 0 radical (unpaired) electrons. The van der Waals surface area contributed by atoms with Crippen LogP contribution in [0.1, 0.15) is 25.7 Å². The first-order valence-electron chi connectivity index (χ1n) is 6.24. The lowest BCUT2D eigenvalue weighted by Crippen LogP contribution is -2.44. The molecule has 0 unspecified atom stereocenters. The van der Waals surface area contributed by atoms with E-state index in [1.54, 1.807) is 0 Å². The molecule has 1 atom stereocenters. The van der Waals surface area contributed by atoms with Crippen molar-refractivity contribution < 1.29 is 4.79 Å². The summed E-state index contributed by atoms with van der Waals surface area (Å²) in [4.78, 5) is 14.1. The summed E-state index contributed by atoms with van der Waals surface area (Å²) >= 11 is 0. The van der Waals surface area contributed by atoms with E-state index in [1.165, 1.54) is 12.8 Å². The highest BCUT2D eigenvalue weighted by molar-refractivity contribution is 5.79. The zero-order valence-electron chi connectivity index (χ0n) is 9.74. The Hall–Kier alpha value is -1.01. The Bertz CT molecular complexity index is 285. The maximum atomic E-state index is 12.2. The van der Waals surface area contributed by atoms with Gasteiger partial charge in [-0.05, 0) is 38.1 Å². The monoisotopic (exact) mass is 220 g/mol. The number of hydrogen-bond acceptors (Lipinski definition) is 2. The van der Waals surface area contributed by atoms with E-state index in [0.29, 0.717) is 12.5 Å². The van der Waals surface area contributed by atoms with Gasteiger partial charge in [0.25, 0.3) is 0 Å². The van der Waals surface area contributed by atoms with Crippen molar-refractivity contribution in [2.45, 2.75) is 25.7 Å². The van der Waals surface area contributed by atoms with Crippen LogP contribution in [0.3, 0.4) is 0 Å². The number of nitrogens with one attached hydrogen (secondary N) is 1. The summed E-state index contributed by atoms with van der Waals surface area (Å²) in [6.45, 7) is 3.22. The predicted octanol–water partition coefficient (Wildman–Crippen LogP) is 0.858. The summed E-state index contributed by atoms with van der Waals surface area (Å²) in [5.41, 5.74) is 0. The third kappa shape index (κ3) is 2.99. The van der Waals surface area contributed by atoms with Gasteiger partial charge in [-0.1, -0.05) is 5.92 Å². The number of carbonyl (C=O) groups excluding carboxylic acids is 1. The highest BCUT2D eigenvalue weighted by Gasteiger charge is 2.30. The van der Waals surface area contributed by atoms with Crippen LogP contribution in [0.4, 0.5) is 0 Å². The summed E-state index contributed by atoms with van der Waals surface area (Å²) in [7, 11) is 0. The summed E-state index contributed by atoms with van der Waals surface area (Å²) in [6.07, 6.45) is 9.97. The summed E-state index contributed by atoms with van der Waals surface area (Å²) in [6, 6.07) is 0. The van der Waals surface area contributed by atoms with Crippen LogP contribution in [0.15, 0.2) is 0 Å². The minimum Gasteiger partial charge on any atom is -0.331 e. The first kappa shape index (κ1) is 11.5. The molecule has 1 saturated carbocycles. The van der Waals surface area contributed by atoms with Crippen molar-refractivity contribution in [3.8, 4) is 12.3 Å². The Labute approximate surface area is 97.6 Å². The Balaban J connectivity index is 1.89. The van der Waals surface area contributed by atoms with Gasteiger partial charge in [0.1, 0.15) is 0 Å². The normalized spacial score (nSPS) is 24.8. The average Bonchev–Trinajstić information content (AvgIpc) is 3.13. The molecule has 2 rings (SSSR count). The zero-order chi connectivity index (χ0) is 11.4. The maximum Gasteiger partial charge on any atom is 0.227 e. The Morgan fingerprint density at radius 3 is 2.81 bits per heavy atom. The molecule has 1 N–H and O–H groups in total. The molecule has 0 spiro atoms. The number of piperidine rings is 1. The fourth-order valence-electron chi connectivity index (χ4n) is 2.28. The van der Waals surface area contributed by atoms with Crippen molar-refractivity contribution in [3.05, 3.63) is 0 Å². The smallest absolute Gasteiger partial charge is 0.227 e. The molecule has 0 bridgehead atoms. The van der Waals surface area contributed by atoms with Crippen molar-refractivity contribution in [1.82, 2.24) is 10.2 Å². The van der Waals surface area contributed by atoms with Gasteiger partial charge >= 0.3 is 0 Å². The van der Waals surface area contributed by atoms with Crippen LogP contribution in [0.25, 0.3) is 0 Å². The molecule has 1 saturated heterocycles. The van der Waals surface area contributed by atoms with Gasteiger partial charge in [0.05, 0.1) is 12.5 Å². The lowest BCUT2D eigenvalue weighted by molar-refractivity contribution is -0.135. The number of terminal acetylenes is 1. The lowest BCUT2D eigenvalue weighted by atomic mass is 9.98. The van der Waals surface area contributed by atoms with Gasteiger partial charge < -0.3 is 10.2 Å². The average molecular weight is 220 g/mol. The Morgan fingerprint density at radius 1 is 1.44 bits per heavy atom. The van der Waals surface area contributed by atoms with E-state index in [-0.39, 0.29) is 11.8 Å². The highest BCUT2D eigenvalue weighted by atomic mass is 16.2. The molecule has 16 heavy (non-hydrogen) atoms. The maximum absolute atomic E-state index is 12.2. The Morgan fingerprint density at radius 2 is 2.25 bits per heavy atom. The van der Waals surface area contributed by atoms with Crippen LogP contribution in [0, 0.1) is 24.2 Å². The predicted molar refractivity (Wildman–Crippen MR) is 63.7 cm³/mol. The number of nitrogens with zero attached hydrogens (tertiary/aromatic N) is 1. The van der Waals surface area contributed by atoms with Crippen LogP contribution in [-0.4, -0.2) is 37.0 Å². The van der Waals surface area contributed by atoms with Crippen LogP contribution in [0.5, 0.6) is 0 Å². The molecule has 0 aromatic carbocycles. The SMILES string of the molecule is C#CCN(CC1CC1)C(=O)[C@@H]1CCCNC1. The second-order valence-electron chi connectivity index (χ2n) is 4.91. The summed E-state index contributed by atoms with van der Waals surface area (Å²) < 4.78 is 0. The van der Waals surface area contributed by atoms with E-state index in [2.05, 4.69) is 11.2 Å². The molecule has 2 aliphatic rings. The van der Waals surface area contributed by atoms with Crippen LogP contribution in [0.2, 0.25) is 0 Å². The lowest BCUT2D eigenvalue weighted by Gasteiger charge is -2.28. The minimum atomic E-state index is 0.154. The standard InChI is InChI=1S/C13H20N2O/c1-2-8-15(10-11-5-6-11)13(16)12-4-3-7-14-9-12/h1,11-12,14H,3-10H2/t12-/m1/s1. The zero-order valence-corrected chi connectivity index (χ0v) is 9.74. The quantitative estimate of drug-likeness (QED) is 0.713. The first-order chi connectivity index (χ1) is 7.81. The van der Waals surface area contributed by atoms with E-state index < -0.39 is 0 Å². The fraction of sp³-hybridized carbons (Fsp3) is 0.769. The molecule has 1 heterocycles. The molecular formula is C13H20N2O. The fourth-order valence-corrected chi connectivity index (χ4v) is 2.28. The molecule has 0 aromatic rings. The van der Waals surface area contributed by atoms with Crippen LogP contribution < -0.4 is 5.32 Å². The van der Waals surface area contributed by atoms with E-state index in [4.69, 9.17) is 6.42 Å². The molecule has 1 aliphatic carbocycles. The third-order valence-corrected chi connectivity index (χ3v) is 3.42. The van der Waals surface area contributed by atoms with Crippen molar-refractivity contribution in [2.75, 3.05) is 26.2 Å². The van der Waals surface area contributed by atoms with Crippen LogP contribution in [-0.2, 0) is 4.79 Å². The van der Waals surface area contributed by atoms with Gasteiger partial charge in [0.2, 0.25) is 5.91 Å². The van der Waals surface area contributed by atoms with E-state index in [0.717, 1.165) is 32.5 Å². The summed E-state index contributed by atoms with van der Waals surface area (Å²) in [5, 5.41) is 3.28. The molecule has 88 valence electrons. The molecule has 0 aromatic heterocycles. The minimum absolute atomic E-state index is 0.154. The molecule has 3 nitrogen and oxygen atoms in total. The van der Waals surface area contributed by atoms with Gasteiger partial charge in [-0.25, -0.2) is 0 Å². The second kappa shape index (κ2) is 5.36. The van der Waals surface area contributed by atoms with Gasteiger partial charge in [-0.15, -0.1) is 6.42 Å².